The Balaban J connectivity index is 1.14. The highest BCUT2D eigenvalue weighted by Crippen LogP contribution is 2.46. The number of hydrogen-bond acceptors (Lipinski definition) is 2. The van der Waals surface area contributed by atoms with Crippen LogP contribution in [0.3, 0.4) is 0 Å². The molecule has 0 aliphatic rings. The van der Waals surface area contributed by atoms with E-state index in [0.717, 1.165) is 55.5 Å². The second kappa shape index (κ2) is 12.5. The van der Waals surface area contributed by atoms with Gasteiger partial charge in [-0.1, -0.05) is 152 Å². The molecule has 244 valence electrons. The zero-order valence-electron chi connectivity index (χ0n) is 28.4. The van der Waals surface area contributed by atoms with E-state index in [1.54, 1.807) is 0 Å². The highest BCUT2D eigenvalue weighted by Gasteiger charge is 2.21. The molecule has 0 aliphatic carbocycles. The van der Waals surface area contributed by atoms with E-state index in [1.165, 1.54) is 38.4 Å². The molecule has 0 atom stereocenters. The van der Waals surface area contributed by atoms with E-state index in [-0.39, 0.29) is 0 Å². The molecule has 10 aromatic rings. The van der Waals surface area contributed by atoms with Crippen molar-refractivity contribution < 1.29 is 4.42 Å². The molecule has 1 aromatic heterocycles. The molecule has 0 saturated carbocycles. The van der Waals surface area contributed by atoms with Crippen molar-refractivity contribution >= 4 is 60.5 Å². The summed E-state index contributed by atoms with van der Waals surface area (Å²) < 4.78 is 6.62. The highest BCUT2D eigenvalue weighted by molar-refractivity contribution is 6.19. The Kier molecular flexibility index (Phi) is 7.18. The standard InChI is InChI=1S/C50H33NO/c1-2-11-34(12-3-1)36-23-28-41(29-24-36)51(42-30-25-37(26-31-42)40-22-21-35-13-4-5-15-39(35)33-40)47-19-9-8-17-44(47)45-18-10-20-48-49(45)46-32-27-38-14-6-7-16-43(38)50(46)52-48/h1-33H. The number of anilines is 3. The first-order valence-corrected chi connectivity index (χ1v) is 17.8. The molecule has 9 aromatic carbocycles. The minimum Gasteiger partial charge on any atom is -0.455 e. The summed E-state index contributed by atoms with van der Waals surface area (Å²) in [5.74, 6) is 0. The largest absolute Gasteiger partial charge is 0.455 e. The van der Waals surface area contributed by atoms with Crippen molar-refractivity contribution in [1.29, 1.82) is 0 Å². The number of hydrogen-bond donors (Lipinski definition) is 0. The summed E-state index contributed by atoms with van der Waals surface area (Å²) in [4.78, 5) is 2.38. The van der Waals surface area contributed by atoms with Crippen LogP contribution >= 0.6 is 0 Å². The van der Waals surface area contributed by atoms with Crippen LogP contribution in [0.15, 0.2) is 205 Å². The summed E-state index contributed by atoms with van der Waals surface area (Å²) in [6, 6.07) is 71.7. The maximum absolute atomic E-state index is 6.62. The van der Waals surface area contributed by atoms with Gasteiger partial charge in [0.15, 0.2) is 0 Å². The maximum Gasteiger partial charge on any atom is 0.143 e. The summed E-state index contributed by atoms with van der Waals surface area (Å²) in [6.07, 6.45) is 0. The Morgan fingerprint density at radius 3 is 1.71 bits per heavy atom. The third kappa shape index (κ3) is 5.12. The van der Waals surface area contributed by atoms with E-state index in [9.17, 15) is 0 Å². The molecule has 0 fully saturated rings. The number of benzene rings is 9. The Morgan fingerprint density at radius 1 is 0.346 bits per heavy atom. The second-order valence-corrected chi connectivity index (χ2v) is 13.3. The van der Waals surface area contributed by atoms with Crippen LogP contribution in [-0.2, 0) is 0 Å². The molecule has 52 heavy (non-hydrogen) atoms. The summed E-state index contributed by atoms with van der Waals surface area (Å²) in [6.45, 7) is 0. The second-order valence-electron chi connectivity index (χ2n) is 13.3. The topological polar surface area (TPSA) is 16.4 Å². The molecule has 10 rings (SSSR count). The third-order valence-corrected chi connectivity index (χ3v) is 10.3. The van der Waals surface area contributed by atoms with E-state index >= 15 is 0 Å². The van der Waals surface area contributed by atoms with Crippen LogP contribution in [-0.4, -0.2) is 0 Å². The van der Waals surface area contributed by atoms with Gasteiger partial charge in [-0.2, -0.15) is 0 Å². The van der Waals surface area contributed by atoms with Gasteiger partial charge in [-0.15, -0.1) is 0 Å². The maximum atomic E-state index is 6.62. The fraction of sp³-hybridized carbons (Fsp3) is 0. The normalized spacial score (nSPS) is 11.5. The average molecular weight is 664 g/mol. The van der Waals surface area contributed by atoms with Gasteiger partial charge in [-0.25, -0.2) is 0 Å². The number of rotatable bonds is 6. The first kappa shape index (κ1) is 30.0. The Morgan fingerprint density at radius 2 is 0.923 bits per heavy atom. The van der Waals surface area contributed by atoms with Crippen molar-refractivity contribution in [2.75, 3.05) is 4.90 Å². The van der Waals surface area contributed by atoms with Crippen LogP contribution in [0.25, 0.3) is 76.9 Å². The summed E-state index contributed by atoms with van der Waals surface area (Å²) >= 11 is 0. The van der Waals surface area contributed by atoms with Crippen molar-refractivity contribution in [3.8, 4) is 33.4 Å². The molecule has 0 radical (unpaired) electrons. The molecule has 2 nitrogen and oxygen atoms in total. The molecule has 0 bridgehead atoms. The highest BCUT2D eigenvalue weighted by atomic mass is 16.3. The van der Waals surface area contributed by atoms with Gasteiger partial charge in [-0.05, 0) is 92.5 Å². The minimum absolute atomic E-state index is 0.886. The van der Waals surface area contributed by atoms with E-state index < -0.39 is 0 Å². The van der Waals surface area contributed by atoms with E-state index in [4.69, 9.17) is 4.42 Å². The van der Waals surface area contributed by atoms with Crippen molar-refractivity contribution in [3.63, 3.8) is 0 Å². The lowest BCUT2D eigenvalue weighted by atomic mass is 9.96. The van der Waals surface area contributed by atoms with Crippen LogP contribution in [0.1, 0.15) is 0 Å². The summed E-state index contributed by atoms with van der Waals surface area (Å²) in [5.41, 5.74) is 12.1. The monoisotopic (exact) mass is 663 g/mol. The molecule has 2 heteroatoms. The van der Waals surface area contributed by atoms with Gasteiger partial charge in [0.2, 0.25) is 0 Å². The Labute approximate surface area is 302 Å². The number of fused-ring (bicyclic) bond motifs is 6. The van der Waals surface area contributed by atoms with Gasteiger partial charge < -0.3 is 9.32 Å². The van der Waals surface area contributed by atoms with Gasteiger partial charge in [0.25, 0.3) is 0 Å². The lowest BCUT2D eigenvalue weighted by Gasteiger charge is -2.28. The Bertz CT molecular complexity index is 2890. The molecule has 0 N–H and O–H groups in total. The number of para-hydroxylation sites is 1. The molecule has 1 heterocycles. The van der Waals surface area contributed by atoms with Crippen molar-refractivity contribution in [2.45, 2.75) is 0 Å². The molecular formula is C50H33NO. The molecule has 0 unspecified atom stereocenters. The van der Waals surface area contributed by atoms with E-state index in [2.05, 4.69) is 205 Å². The van der Waals surface area contributed by atoms with E-state index in [1.807, 2.05) is 0 Å². The van der Waals surface area contributed by atoms with Gasteiger partial charge in [0, 0.05) is 33.1 Å². The molecule has 0 spiro atoms. The van der Waals surface area contributed by atoms with Crippen LogP contribution in [0, 0.1) is 0 Å². The average Bonchev–Trinajstić information content (AvgIpc) is 3.62. The first-order chi connectivity index (χ1) is 25.8. The summed E-state index contributed by atoms with van der Waals surface area (Å²) in [7, 11) is 0. The SMILES string of the molecule is c1ccc(-c2ccc(N(c3ccc(-c4ccc5ccccc5c4)cc3)c3ccccc3-c3cccc4oc5c6ccccc6ccc5c34)cc2)cc1. The van der Waals surface area contributed by atoms with Crippen LogP contribution < -0.4 is 4.90 Å². The van der Waals surface area contributed by atoms with Crippen LogP contribution in [0.4, 0.5) is 17.1 Å². The zero-order chi connectivity index (χ0) is 34.4. The predicted octanol–water partition coefficient (Wildman–Crippen LogP) is 14.4. The predicted molar refractivity (Wildman–Crippen MR) is 220 cm³/mol. The quantitative estimate of drug-likeness (QED) is 0.176. The summed E-state index contributed by atoms with van der Waals surface area (Å²) in [5, 5.41) is 7.04. The number of furan rings is 1. The lowest BCUT2D eigenvalue weighted by Crippen LogP contribution is -2.11. The van der Waals surface area contributed by atoms with E-state index in [0.29, 0.717) is 0 Å². The molecule has 0 aliphatic heterocycles. The van der Waals surface area contributed by atoms with Gasteiger partial charge in [-0.3, -0.25) is 0 Å². The zero-order valence-corrected chi connectivity index (χ0v) is 28.4. The first-order valence-electron chi connectivity index (χ1n) is 17.8. The lowest BCUT2D eigenvalue weighted by molar-refractivity contribution is 0.673. The number of nitrogens with zero attached hydrogens (tertiary/aromatic N) is 1. The van der Waals surface area contributed by atoms with Crippen molar-refractivity contribution in [1.82, 2.24) is 0 Å². The molecular weight excluding hydrogens is 631 g/mol. The van der Waals surface area contributed by atoms with Gasteiger partial charge in [0.1, 0.15) is 11.2 Å². The fourth-order valence-electron chi connectivity index (χ4n) is 7.71. The molecule has 0 saturated heterocycles. The van der Waals surface area contributed by atoms with Gasteiger partial charge >= 0.3 is 0 Å². The smallest absolute Gasteiger partial charge is 0.143 e. The Hall–Kier alpha value is -6.90. The third-order valence-electron chi connectivity index (χ3n) is 10.3. The fourth-order valence-corrected chi connectivity index (χ4v) is 7.71. The van der Waals surface area contributed by atoms with Crippen molar-refractivity contribution in [3.05, 3.63) is 200 Å². The van der Waals surface area contributed by atoms with Gasteiger partial charge in [0.05, 0.1) is 5.69 Å². The minimum atomic E-state index is 0.886. The van der Waals surface area contributed by atoms with Crippen LogP contribution in [0.2, 0.25) is 0 Å². The van der Waals surface area contributed by atoms with Crippen molar-refractivity contribution in [2.24, 2.45) is 0 Å². The van der Waals surface area contributed by atoms with Crippen LogP contribution in [0.5, 0.6) is 0 Å². The molecule has 0 amide bonds.